The van der Waals surface area contributed by atoms with Crippen molar-refractivity contribution in [3.63, 3.8) is 0 Å². The molecule has 4 aromatic rings. The molecule has 1 atom stereocenters. The van der Waals surface area contributed by atoms with Crippen LogP contribution in [0, 0.1) is 0 Å². The van der Waals surface area contributed by atoms with Gasteiger partial charge in [0.2, 0.25) is 5.91 Å². The maximum atomic E-state index is 13.1. The SMILES string of the molecule is O=C(Cc1ccc2ccccc2c1)N1CCC[C@@H]1c1nc2ccccc2s1. The molecule has 5 rings (SSSR count). The van der Waals surface area contributed by atoms with Crippen LogP contribution in [0.5, 0.6) is 0 Å². The van der Waals surface area contributed by atoms with E-state index in [1.807, 2.05) is 35.2 Å². The van der Waals surface area contributed by atoms with Crippen molar-refractivity contribution in [2.24, 2.45) is 0 Å². The third-order valence-corrected chi connectivity index (χ3v) is 6.48. The predicted octanol–water partition coefficient (Wildman–Crippen LogP) is 5.36. The molecule has 0 spiro atoms. The fourth-order valence-corrected chi connectivity index (χ4v) is 5.09. The van der Waals surface area contributed by atoms with Gasteiger partial charge in [0.15, 0.2) is 0 Å². The van der Waals surface area contributed by atoms with Crippen molar-refractivity contribution in [2.45, 2.75) is 25.3 Å². The number of thiazole rings is 1. The average molecular weight is 372 g/mol. The van der Waals surface area contributed by atoms with E-state index in [2.05, 4.69) is 36.4 Å². The van der Waals surface area contributed by atoms with Gasteiger partial charge in [-0.3, -0.25) is 4.79 Å². The van der Waals surface area contributed by atoms with Crippen LogP contribution in [0.25, 0.3) is 21.0 Å². The van der Waals surface area contributed by atoms with Crippen LogP contribution in [-0.4, -0.2) is 22.3 Å². The Labute approximate surface area is 162 Å². The molecule has 0 bridgehead atoms. The molecule has 1 amide bonds. The van der Waals surface area contributed by atoms with E-state index in [9.17, 15) is 4.79 Å². The van der Waals surface area contributed by atoms with Crippen molar-refractivity contribution in [1.82, 2.24) is 9.88 Å². The molecule has 3 nitrogen and oxygen atoms in total. The third kappa shape index (κ3) is 3.10. The molecule has 4 heteroatoms. The Morgan fingerprint density at radius 3 is 2.74 bits per heavy atom. The lowest BCUT2D eigenvalue weighted by Crippen LogP contribution is -2.31. The van der Waals surface area contributed by atoms with Crippen LogP contribution in [0.3, 0.4) is 0 Å². The monoisotopic (exact) mass is 372 g/mol. The Hall–Kier alpha value is -2.72. The molecule has 1 aliphatic rings. The first-order valence-corrected chi connectivity index (χ1v) is 10.2. The Balaban J connectivity index is 1.39. The van der Waals surface area contributed by atoms with Gasteiger partial charge < -0.3 is 4.90 Å². The van der Waals surface area contributed by atoms with E-state index in [0.717, 1.165) is 35.5 Å². The lowest BCUT2D eigenvalue weighted by Gasteiger charge is -2.23. The van der Waals surface area contributed by atoms with E-state index in [1.165, 1.54) is 15.5 Å². The van der Waals surface area contributed by atoms with E-state index in [0.29, 0.717) is 6.42 Å². The molecule has 2 heterocycles. The highest BCUT2D eigenvalue weighted by Crippen LogP contribution is 2.36. The fraction of sp³-hybridized carbons (Fsp3) is 0.217. The van der Waals surface area contributed by atoms with Crippen LogP contribution < -0.4 is 0 Å². The number of amides is 1. The predicted molar refractivity (Wildman–Crippen MR) is 111 cm³/mol. The summed E-state index contributed by atoms with van der Waals surface area (Å²) in [5, 5.41) is 3.47. The summed E-state index contributed by atoms with van der Waals surface area (Å²) < 4.78 is 1.20. The van der Waals surface area contributed by atoms with Crippen LogP contribution in [0.15, 0.2) is 66.7 Å². The highest BCUT2D eigenvalue weighted by Gasteiger charge is 2.32. The first kappa shape index (κ1) is 16.5. The number of rotatable bonds is 3. The van der Waals surface area contributed by atoms with E-state index in [-0.39, 0.29) is 11.9 Å². The zero-order valence-corrected chi connectivity index (χ0v) is 15.8. The molecule has 1 aliphatic heterocycles. The first-order valence-electron chi connectivity index (χ1n) is 9.40. The Morgan fingerprint density at radius 2 is 1.85 bits per heavy atom. The Bertz CT molecular complexity index is 1100. The van der Waals surface area contributed by atoms with Crippen LogP contribution in [-0.2, 0) is 11.2 Å². The number of nitrogens with zero attached hydrogens (tertiary/aromatic N) is 2. The molecule has 1 aromatic heterocycles. The lowest BCUT2D eigenvalue weighted by molar-refractivity contribution is -0.131. The normalized spacial score (nSPS) is 17.0. The molecule has 1 fully saturated rings. The molecule has 1 saturated heterocycles. The number of likely N-dealkylation sites (tertiary alicyclic amines) is 1. The molecule has 0 radical (unpaired) electrons. The van der Waals surface area contributed by atoms with Gasteiger partial charge in [0.05, 0.1) is 22.7 Å². The lowest BCUT2D eigenvalue weighted by atomic mass is 10.0. The van der Waals surface area contributed by atoms with E-state index in [4.69, 9.17) is 4.98 Å². The molecule has 3 aromatic carbocycles. The number of para-hydroxylation sites is 1. The number of fused-ring (bicyclic) bond motifs is 2. The minimum atomic E-state index is 0.121. The number of aromatic nitrogens is 1. The number of hydrogen-bond donors (Lipinski definition) is 0. The van der Waals surface area contributed by atoms with Gasteiger partial charge in [0.25, 0.3) is 0 Å². The second kappa shape index (κ2) is 6.78. The fourth-order valence-electron chi connectivity index (χ4n) is 3.98. The van der Waals surface area contributed by atoms with E-state index >= 15 is 0 Å². The summed E-state index contributed by atoms with van der Waals surface area (Å²) in [5.41, 5.74) is 2.11. The molecular weight excluding hydrogens is 352 g/mol. The number of carbonyl (C=O) groups is 1. The second-order valence-electron chi connectivity index (χ2n) is 7.12. The first-order chi connectivity index (χ1) is 13.3. The second-order valence-corrected chi connectivity index (χ2v) is 8.19. The highest BCUT2D eigenvalue weighted by atomic mass is 32.1. The summed E-state index contributed by atoms with van der Waals surface area (Å²) in [4.78, 5) is 19.9. The van der Waals surface area contributed by atoms with E-state index in [1.54, 1.807) is 11.3 Å². The molecule has 27 heavy (non-hydrogen) atoms. The van der Waals surface area contributed by atoms with Crippen molar-refractivity contribution in [1.29, 1.82) is 0 Å². The molecule has 0 N–H and O–H groups in total. The standard InChI is InChI=1S/C23H20N2OS/c26-22(15-16-11-12-17-6-1-2-7-18(17)14-16)25-13-5-9-20(25)23-24-19-8-3-4-10-21(19)27-23/h1-4,6-8,10-12,14,20H,5,9,13,15H2/t20-/m1/s1. The van der Waals surface area contributed by atoms with Gasteiger partial charge in [-0.15, -0.1) is 11.3 Å². The molecule has 0 aliphatic carbocycles. The van der Waals surface area contributed by atoms with Gasteiger partial charge in [-0.05, 0) is 41.3 Å². The summed E-state index contributed by atoms with van der Waals surface area (Å²) in [6.45, 7) is 0.826. The smallest absolute Gasteiger partial charge is 0.227 e. The van der Waals surface area contributed by atoms with Crippen LogP contribution >= 0.6 is 11.3 Å². The molecular formula is C23H20N2OS. The van der Waals surface area contributed by atoms with Gasteiger partial charge in [0, 0.05) is 6.54 Å². The van der Waals surface area contributed by atoms with Gasteiger partial charge in [-0.25, -0.2) is 4.98 Å². The summed E-state index contributed by atoms with van der Waals surface area (Å²) in [7, 11) is 0. The van der Waals surface area contributed by atoms with Gasteiger partial charge in [0.1, 0.15) is 5.01 Å². The van der Waals surface area contributed by atoms with Crippen molar-refractivity contribution in [3.8, 4) is 0 Å². The van der Waals surface area contributed by atoms with Crippen LogP contribution in [0.1, 0.15) is 29.5 Å². The topological polar surface area (TPSA) is 33.2 Å². The van der Waals surface area contributed by atoms with Crippen molar-refractivity contribution >= 4 is 38.2 Å². The quantitative estimate of drug-likeness (QED) is 0.485. The number of hydrogen-bond acceptors (Lipinski definition) is 3. The van der Waals surface area contributed by atoms with Crippen LogP contribution in [0.2, 0.25) is 0 Å². The third-order valence-electron chi connectivity index (χ3n) is 5.34. The maximum Gasteiger partial charge on any atom is 0.227 e. The summed E-state index contributed by atoms with van der Waals surface area (Å²) in [6, 6.07) is 22.9. The van der Waals surface area contributed by atoms with Crippen molar-refractivity contribution < 1.29 is 4.79 Å². The van der Waals surface area contributed by atoms with E-state index < -0.39 is 0 Å². The highest BCUT2D eigenvalue weighted by molar-refractivity contribution is 7.18. The van der Waals surface area contributed by atoms with Crippen molar-refractivity contribution in [2.75, 3.05) is 6.54 Å². The largest absolute Gasteiger partial charge is 0.333 e. The molecule has 0 saturated carbocycles. The van der Waals surface area contributed by atoms with Gasteiger partial charge in [-0.2, -0.15) is 0 Å². The van der Waals surface area contributed by atoms with Gasteiger partial charge >= 0.3 is 0 Å². The van der Waals surface area contributed by atoms with Crippen LogP contribution in [0.4, 0.5) is 0 Å². The Kier molecular flexibility index (Phi) is 4.13. The summed E-state index contributed by atoms with van der Waals surface area (Å²) in [5.74, 6) is 0.201. The maximum absolute atomic E-state index is 13.1. The minimum Gasteiger partial charge on any atom is -0.333 e. The number of carbonyl (C=O) groups excluding carboxylic acids is 1. The van der Waals surface area contributed by atoms with Gasteiger partial charge in [-0.1, -0.05) is 54.6 Å². The number of benzene rings is 3. The summed E-state index contributed by atoms with van der Waals surface area (Å²) in [6.07, 6.45) is 2.50. The molecule has 0 unspecified atom stereocenters. The Morgan fingerprint density at radius 1 is 1.04 bits per heavy atom. The minimum absolute atomic E-state index is 0.121. The van der Waals surface area contributed by atoms with Crippen molar-refractivity contribution in [3.05, 3.63) is 77.3 Å². The zero-order chi connectivity index (χ0) is 18.2. The average Bonchev–Trinajstić information content (AvgIpc) is 3.34. The molecule has 134 valence electrons. The zero-order valence-electron chi connectivity index (χ0n) is 15.0. The summed E-state index contributed by atoms with van der Waals surface area (Å²) >= 11 is 1.72.